The highest BCUT2D eigenvalue weighted by molar-refractivity contribution is 5.74. The summed E-state index contributed by atoms with van der Waals surface area (Å²) in [7, 11) is 4.72. The fraction of sp³-hybridized carbons (Fsp3) is 0.409. The molecule has 2 aliphatic heterocycles. The molecule has 1 saturated heterocycles. The molecule has 2 aliphatic rings. The lowest BCUT2D eigenvalue weighted by Crippen LogP contribution is -2.39. The molecule has 0 bridgehead atoms. The zero-order chi connectivity index (χ0) is 21.3. The van der Waals surface area contributed by atoms with Gasteiger partial charge in [-0.2, -0.15) is 0 Å². The van der Waals surface area contributed by atoms with Crippen molar-refractivity contribution in [1.29, 1.82) is 0 Å². The third kappa shape index (κ3) is 3.47. The number of fused-ring (bicyclic) bond motifs is 1. The van der Waals surface area contributed by atoms with Crippen molar-refractivity contribution in [3.8, 4) is 28.7 Å². The number of methoxy groups -OCH3 is 3. The van der Waals surface area contributed by atoms with Gasteiger partial charge in [0.05, 0.1) is 27.4 Å². The summed E-state index contributed by atoms with van der Waals surface area (Å²) < 4.78 is 27.6. The molecule has 8 nitrogen and oxygen atoms in total. The van der Waals surface area contributed by atoms with Gasteiger partial charge in [0.25, 0.3) is 0 Å². The minimum Gasteiger partial charge on any atom is -0.496 e. The number of hydrogen-bond acceptors (Lipinski definition) is 7. The van der Waals surface area contributed by atoms with E-state index in [1.165, 1.54) is 0 Å². The third-order valence-corrected chi connectivity index (χ3v) is 5.65. The molecule has 0 radical (unpaired) electrons. The standard InChI is InChI=1S/C22H25NO7/c1-26-17-11-19(28-3)18(27-2)10-14(17)21(23-8-4-5-15(23)22(24)25)13-6-7-16-20(9-13)30-12-29-16/h6-7,9-11,15,21H,4-5,8,12H2,1-3H3,(H,24,25). The molecule has 2 unspecified atom stereocenters. The van der Waals surface area contributed by atoms with Gasteiger partial charge in [0.1, 0.15) is 11.8 Å². The van der Waals surface area contributed by atoms with Crippen LogP contribution in [0, 0.1) is 0 Å². The van der Waals surface area contributed by atoms with Crippen LogP contribution in [-0.2, 0) is 4.79 Å². The Hall–Kier alpha value is -3.13. The van der Waals surface area contributed by atoms with Crippen LogP contribution < -0.4 is 23.7 Å². The van der Waals surface area contributed by atoms with E-state index in [9.17, 15) is 9.90 Å². The van der Waals surface area contributed by atoms with E-state index in [0.29, 0.717) is 41.7 Å². The van der Waals surface area contributed by atoms with Gasteiger partial charge in [0.15, 0.2) is 23.0 Å². The average Bonchev–Trinajstić information content (AvgIpc) is 3.42. The quantitative estimate of drug-likeness (QED) is 0.738. The number of benzene rings is 2. The molecule has 0 aromatic heterocycles. The van der Waals surface area contributed by atoms with E-state index in [4.69, 9.17) is 23.7 Å². The molecule has 4 rings (SSSR count). The lowest BCUT2D eigenvalue weighted by Gasteiger charge is -2.33. The number of carbonyl (C=O) groups is 1. The Balaban J connectivity index is 1.89. The lowest BCUT2D eigenvalue weighted by molar-refractivity contribution is -0.142. The molecule has 2 atom stereocenters. The van der Waals surface area contributed by atoms with Crippen molar-refractivity contribution in [2.24, 2.45) is 0 Å². The number of aliphatic carboxylic acids is 1. The zero-order valence-electron chi connectivity index (χ0n) is 17.2. The molecule has 0 amide bonds. The van der Waals surface area contributed by atoms with E-state index in [0.717, 1.165) is 17.5 Å². The first-order valence-electron chi connectivity index (χ1n) is 9.75. The van der Waals surface area contributed by atoms with Crippen LogP contribution >= 0.6 is 0 Å². The molecule has 1 N–H and O–H groups in total. The molecule has 8 heteroatoms. The molecule has 0 aliphatic carbocycles. The molecule has 0 spiro atoms. The van der Waals surface area contributed by atoms with Gasteiger partial charge >= 0.3 is 5.97 Å². The van der Waals surface area contributed by atoms with Gasteiger partial charge in [-0.25, -0.2) is 0 Å². The Labute approximate surface area is 174 Å². The second-order valence-electron chi connectivity index (χ2n) is 7.20. The molecule has 30 heavy (non-hydrogen) atoms. The second-order valence-corrected chi connectivity index (χ2v) is 7.20. The van der Waals surface area contributed by atoms with E-state index in [-0.39, 0.29) is 12.8 Å². The summed E-state index contributed by atoms with van der Waals surface area (Å²) in [6, 6.07) is 8.33. The molecular formula is C22H25NO7. The summed E-state index contributed by atoms with van der Waals surface area (Å²) in [5.74, 6) is 2.16. The van der Waals surface area contributed by atoms with Crippen LogP contribution in [0.2, 0.25) is 0 Å². The van der Waals surface area contributed by atoms with Crippen molar-refractivity contribution in [2.75, 3.05) is 34.7 Å². The first-order chi connectivity index (χ1) is 14.6. The Morgan fingerprint density at radius 3 is 2.43 bits per heavy atom. The Bertz CT molecular complexity index is 945. The van der Waals surface area contributed by atoms with Gasteiger partial charge in [0.2, 0.25) is 6.79 Å². The lowest BCUT2D eigenvalue weighted by atomic mass is 9.94. The second kappa shape index (κ2) is 8.31. The van der Waals surface area contributed by atoms with Crippen molar-refractivity contribution in [2.45, 2.75) is 24.9 Å². The van der Waals surface area contributed by atoms with Crippen LogP contribution in [0.25, 0.3) is 0 Å². The van der Waals surface area contributed by atoms with Crippen molar-refractivity contribution in [1.82, 2.24) is 4.90 Å². The predicted molar refractivity (Wildman–Crippen MR) is 108 cm³/mol. The largest absolute Gasteiger partial charge is 0.496 e. The van der Waals surface area contributed by atoms with Gasteiger partial charge in [-0.3, -0.25) is 9.69 Å². The molecule has 2 aromatic carbocycles. The minimum atomic E-state index is -0.835. The summed E-state index contributed by atoms with van der Waals surface area (Å²) in [4.78, 5) is 14.0. The molecule has 2 heterocycles. The topological polar surface area (TPSA) is 86.7 Å². The fourth-order valence-corrected chi connectivity index (χ4v) is 4.26. The number of carboxylic acids is 1. The van der Waals surface area contributed by atoms with Crippen molar-refractivity contribution < 1.29 is 33.6 Å². The predicted octanol–water partition coefficient (Wildman–Crippen LogP) is 3.08. The molecule has 2 aromatic rings. The summed E-state index contributed by atoms with van der Waals surface area (Å²) in [5, 5.41) is 9.83. The smallest absolute Gasteiger partial charge is 0.320 e. The summed E-state index contributed by atoms with van der Waals surface area (Å²) >= 11 is 0. The number of nitrogens with zero attached hydrogens (tertiary/aromatic N) is 1. The van der Waals surface area contributed by atoms with Gasteiger partial charge in [0, 0.05) is 18.2 Å². The Kier molecular flexibility index (Phi) is 5.59. The number of carboxylic acid groups (broad SMARTS) is 1. The maximum Gasteiger partial charge on any atom is 0.320 e. The molecule has 0 saturated carbocycles. The van der Waals surface area contributed by atoms with Gasteiger partial charge in [-0.1, -0.05) is 6.07 Å². The summed E-state index contributed by atoms with van der Waals surface area (Å²) in [6.45, 7) is 0.818. The van der Waals surface area contributed by atoms with E-state index in [2.05, 4.69) is 0 Å². The van der Waals surface area contributed by atoms with Crippen molar-refractivity contribution in [3.63, 3.8) is 0 Å². The molecule has 1 fully saturated rings. The number of ether oxygens (including phenoxy) is 5. The van der Waals surface area contributed by atoms with E-state index in [1.54, 1.807) is 27.4 Å². The van der Waals surface area contributed by atoms with E-state index < -0.39 is 12.0 Å². The van der Waals surface area contributed by atoms with Crippen LogP contribution in [0.15, 0.2) is 30.3 Å². The van der Waals surface area contributed by atoms with Crippen molar-refractivity contribution in [3.05, 3.63) is 41.5 Å². The highest BCUT2D eigenvalue weighted by Crippen LogP contribution is 2.45. The maximum atomic E-state index is 12.0. The highest BCUT2D eigenvalue weighted by Gasteiger charge is 2.39. The average molecular weight is 415 g/mol. The third-order valence-electron chi connectivity index (χ3n) is 5.65. The number of likely N-dealkylation sites (tertiary alicyclic amines) is 1. The van der Waals surface area contributed by atoms with Crippen LogP contribution in [-0.4, -0.2) is 56.7 Å². The van der Waals surface area contributed by atoms with Gasteiger partial charge in [-0.15, -0.1) is 0 Å². The molecular weight excluding hydrogens is 390 g/mol. The van der Waals surface area contributed by atoms with Crippen LogP contribution in [0.5, 0.6) is 28.7 Å². The highest BCUT2D eigenvalue weighted by atomic mass is 16.7. The fourth-order valence-electron chi connectivity index (χ4n) is 4.26. The van der Waals surface area contributed by atoms with Crippen LogP contribution in [0.1, 0.15) is 30.0 Å². The first-order valence-corrected chi connectivity index (χ1v) is 9.75. The van der Waals surface area contributed by atoms with Crippen LogP contribution in [0.3, 0.4) is 0 Å². The maximum absolute atomic E-state index is 12.0. The first kappa shape index (κ1) is 20.2. The van der Waals surface area contributed by atoms with Crippen LogP contribution in [0.4, 0.5) is 0 Å². The van der Waals surface area contributed by atoms with E-state index in [1.807, 2.05) is 29.2 Å². The normalized spacial score (nSPS) is 18.8. The zero-order valence-corrected chi connectivity index (χ0v) is 17.2. The van der Waals surface area contributed by atoms with Crippen molar-refractivity contribution >= 4 is 5.97 Å². The minimum absolute atomic E-state index is 0.171. The number of hydrogen-bond donors (Lipinski definition) is 1. The SMILES string of the molecule is COc1cc(OC)c(C(c2ccc3c(c2)OCO3)N2CCCC2C(=O)O)cc1OC. The summed E-state index contributed by atoms with van der Waals surface area (Å²) in [6.07, 6.45) is 1.39. The monoisotopic (exact) mass is 415 g/mol. The molecule has 160 valence electrons. The Morgan fingerprint density at radius 1 is 1.03 bits per heavy atom. The number of rotatable bonds is 7. The van der Waals surface area contributed by atoms with Gasteiger partial charge < -0.3 is 28.8 Å². The summed E-state index contributed by atoms with van der Waals surface area (Å²) in [5.41, 5.74) is 1.68. The Morgan fingerprint density at radius 2 is 1.73 bits per heavy atom. The van der Waals surface area contributed by atoms with E-state index >= 15 is 0 Å². The van der Waals surface area contributed by atoms with Gasteiger partial charge in [-0.05, 0) is 36.6 Å².